The lowest BCUT2D eigenvalue weighted by atomic mass is 10.2. The lowest BCUT2D eigenvalue weighted by molar-refractivity contribution is -0.0328. The van der Waals surface area contributed by atoms with Gasteiger partial charge >= 0.3 is 5.51 Å². The summed E-state index contributed by atoms with van der Waals surface area (Å²) in [6.45, 7) is 3.61. The molecule has 0 saturated carbocycles. The second-order valence-electron chi connectivity index (χ2n) is 4.68. The number of hydrogen-bond donors (Lipinski definition) is 1. The van der Waals surface area contributed by atoms with Gasteiger partial charge in [0.1, 0.15) is 0 Å². The van der Waals surface area contributed by atoms with Crippen molar-refractivity contribution in [2.75, 3.05) is 49.1 Å². The third kappa shape index (κ3) is 4.49. The van der Waals surface area contributed by atoms with Crippen molar-refractivity contribution in [2.45, 2.75) is 5.51 Å². The molecule has 3 nitrogen and oxygen atoms in total. The lowest BCUT2D eigenvalue weighted by Crippen LogP contribution is -2.47. The van der Waals surface area contributed by atoms with E-state index in [-0.39, 0.29) is 17.5 Å². The van der Waals surface area contributed by atoms with E-state index >= 15 is 0 Å². The summed E-state index contributed by atoms with van der Waals surface area (Å²) in [5.41, 5.74) is 3.56. The number of rotatable bonds is 4. The van der Waals surface area contributed by atoms with Gasteiger partial charge in [-0.1, -0.05) is 12.1 Å². The first-order valence-electron chi connectivity index (χ1n) is 6.48. The highest BCUT2D eigenvalue weighted by atomic mass is 32.2. The summed E-state index contributed by atoms with van der Waals surface area (Å²) in [4.78, 5) is 4.25. The van der Waals surface area contributed by atoms with Gasteiger partial charge in [0, 0.05) is 38.5 Å². The number of nitrogens with two attached hydrogens (primary N) is 1. The maximum atomic E-state index is 12.1. The van der Waals surface area contributed by atoms with Crippen LogP contribution in [0.3, 0.4) is 0 Å². The molecular formula is C13H18F3N3S. The topological polar surface area (TPSA) is 32.5 Å². The van der Waals surface area contributed by atoms with E-state index in [1.54, 1.807) is 0 Å². The molecule has 1 fully saturated rings. The highest BCUT2D eigenvalue weighted by Crippen LogP contribution is 2.30. The molecule has 0 aromatic heterocycles. The number of benzene rings is 1. The number of anilines is 2. The zero-order valence-corrected chi connectivity index (χ0v) is 11.9. The summed E-state index contributed by atoms with van der Waals surface area (Å²) in [5.74, 6) is 0.0942. The van der Waals surface area contributed by atoms with Gasteiger partial charge in [0.15, 0.2) is 0 Å². The Morgan fingerprint density at radius 3 is 2.35 bits per heavy atom. The molecule has 1 saturated heterocycles. The molecule has 2 N–H and O–H groups in total. The molecule has 1 aromatic carbocycles. The molecule has 0 radical (unpaired) electrons. The minimum atomic E-state index is -4.12. The molecule has 0 bridgehead atoms. The SMILES string of the molecule is Nc1ccccc1N1CCN(CCSC(F)(F)F)CC1. The van der Waals surface area contributed by atoms with Crippen LogP contribution >= 0.6 is 11.8 Å². The number of hydrogen-bond acceptors (Lipinski definition) is 4. The summed E-state index contributed by atoms with van der Waals surface area (Å²) < 4.78 is 36.2. The van der Waals surface area contributed by atoms with E-state index < -0.39 is 5.51 Å². The number of nitrogens with zero attached hydrogens (tertiary/aromatic N) is 2. The predicted octanol–water partition coefficient (Wildman–Crippen LogP) is 2.64. The largest absolute Gasteiger partial charge is 0.441 e. The van der Waals surface area contributed by atoms with Gasteiger partial charge in [0.05, 0.1) is 11.4 Å². The average Bonchev–Trinajstić information content (AvgIpc) is 2.39. The molecule has 0 aliphatic carbocycles. The zero-order chi connectivity index (χ0) is 14.6. The Labute approximate surface area is 120 Å². The van der Waals surface area contributed by atoms with Crippen LogP contribution in [0.5, 0.6) is 0 Å². The number of piperazine rings is 1. The number of alkyl halides is 3. The molecule has 0 spiro atoms. The number of halogens is 3. The van der Waals surface area contributed by atoms with Crippen molar-refractivity contribution in [3.63, 3.8) is 0 Å². The van der Waals surface area contributed by atoms with Gasteiger partial charge in [-0.2, -0.15) is 13.2 Å². The van der Waals surface area contributed by atoms with Crippen LogP contribution in [-0.4, -0.2) is 48.9 Å². The molecule has 0 amide bonds. The van der Waals surface area contributed by atoms with Crippen LogP contribution in [0.25, 0.3) is 0 Å². The van der Waals surface area contributed by atoms with Crippen molar-refractivity contribution in [1.29, 1.82) is 0 Å². The first-order valence-corrected chi connectivity index (χ1v) is 7.47. The van der Waals surface area contributed by atoms with Gasteiger partial charge in [0.2, 0.25) is 0 Å². The Morgan fingerprint density at radius 2 is 1.75 bits per heavy atom. The van der Waals surface area contributed by atoms with E-state index in [9.17, 15) is 13.2 Å². The normalized spacial score (nSPS) is 17.4. The summed E-state index contributed by atoms with van der Waals surface area (Å²) in [5, 5.41) is 0. The van der Waals surface area contributed by atoms with Crippen LogP contribution in [0, 0.1) is 0 Å². The minimum absolute atomic E-state index is 0.0516. The fourth-order valence-electron chi connectivity index (χ4n) is 2.28. The Balaban J connectivity index is 1.77. The smallest absolute Gasteiger partial charge is 0.397 e. The first kappa shape index (κ1) is 15.3. The monoisotopic (exact) mass is 305 g/mol. The number of nitrogen functional groups attached to an aromatic ring is 1. The Morgan fingerprint density at radius 1 is 1.10 bits per heavy atom. The molecule has 7 heteroatoms. The number of para-hydroxylation sites is 2. The maximum Gasteiger partial charge on any atom is 0.441 e. The fourth-order valence-corrected chi connectivity index (χ4v) is 2.86. The molecule has 20 heavy (non-hydrogen) atoms. The first-order chi connectivity index (χ1) is 9.46. The summed E-state index contributed by atoms with van der Waals surface area (Å²) >= 11 is 0.0516. The summed E-state index contributed by atoms with van der Waals surface area (Å²) in [6.07, 6.45) is 0. The fraction of sp³-hybridized carbons (Fsp3) is 0.538. The van der Waals surface area contributed by atoms with E-state index in [4.69, 9.17) is 5.73 Å². The highest BCUT2D eigenvalue weighted by molar-refractivity contribution is 8.00. The summed E-state index contributed by atoms with van der Waals surface area (Å²) in [7, 11) is 0. The van der Waals surface area contributed by atoms with E-state index in [2.05, 4.69) is 9.80 Å². The van der Waals surface area contributed by atoms with Crippen LogP contribution in [0.4, 0.5) is 24.5 Å². The van der Waals surface area contributed by atoms with Crippen molar-refractivity contribution in [2.24, 2.45) is 0 Å². The lowest BCUT2D eigenvalue weighted by Gasteiger charge is -2.36. The van der Waals surface area contributed by atoms with Crippen molar-refractivity contribution in [1.82, 2.24) is 4.90 Å². The van der Waals surface area contributed by atoms with Gasteiger partial charge < -0.3 is 10.6 Å². The zero-order valence-electron chi connectivity index (χ0n) is 11.1. The average molecular weight is 305 g/mol. The highest BCUT2D eigenvalue weighted by Gasteiger charge is 2.28. The van der Waals surface area contributed by atoms with Crippen LogP contribution in [0.2, 0.25) is 0 Å². The molecule has 0 atom stereocenters. The van der Waals surface area contributed by atoms with E-state index in [0.29, 0.717) is 6.54 Å². The second kappa shape index (κ2) is 6.58. The van der Waals surface area contributed by atoms with Crippen LogP contribution < -0.4 is 10.6 Å². The molecule has 1 aliphatic heterocycles. The van der Waals surface area contributed by atoms with Gasteiger partial charge in [-0.05, 0) is 23.9 Å². The standard InChI is InChI=1S/C13H18F3N3S/c14-13(15,16)20-10-9-18-5-7-19(8-6-18)12-4-2-1-3-11(12)17/h1-4H,5-10,17H2. The second-order valence-corrected chi connectivity index (χ2v) is 5.84. The van der Waals surface area contributed by atoms with Crippen molar-refractivity contribution in [3.8, 4) is 0 Å². The maximum absolute atomic E-state index is 12.1. The van der Waals surface area contributed by atoms with Crippen molar-refractivity contribution >= 4 is 23.1 Å². The molecular weight excluding hydrogens is 287 g/mol. The molecule has 1 aromatic rings. The van der Waals surface area contributed by atoms with Crippen molar-refractivity contribution < 1.29 is 13.2 Å². The van der Waals surface area contributed by atoms with E-state index in [1.165, 1.54) is 0 Å². The molecule has 2 rings (SSSR count). The third-order valence-corrected chi connectivity index (χ3v) is 4.04. The van der Waals surface area contributed by atoms with Gasteiger partial charge in [-0.25, -0.2) is 0 Å². The van der Waals surface area contributed by atoms with Crippen LogP contribution in [0.15, 0.2) is 24.3 Å². The van der Waals surface area contributed by atoms with Gasteiger partial charge in [-0.15, -0.1) is 0 Å². The quantitative estimate of drug-likeness (QED) is 0.867. The van der Waals surface area contributed by atoms with Crippen molar-refractivity contribution in [3.05, 3.63) is 24.3 Å². The minimum Gasteiger partial charge on any atom is -0.397 e. The Hall–Kier alpha value is -1.08. The molecule has 1 heterocycles. The van der Waals surface area contributed by atoms with E-state index in [1.807, 2.05) is 24.3 Å². The third-order valence-electron chi connectivity index (χ3n) is 3.32. The van der Waals surface area contributed by atoms with E-state index in [0.717, 1.165) is 37.6 Å². The van der Waals surface area contributed by atoms with Gasteiger partial charge in [0.25, 0.3) is 0 Å². The number of thioether (sulfide) groups is 1. The van der Waals surface area contributed by atoms with Gasteiger partial charge in [-0.3, -0.25) is 4.90 Å². The molecule has 0 unspecified atom stereocenters. The molecule has 112 valence electrons. The summed E-state index contributed by atoms with van der Waals surface area (Å²) in [6, 6.07) is 7.67. The van der Waals surface area contributed by atoms with Crippen LogP contribution in [-0.2, 0) is 0 Å². The Kier molecular flexibility index (Phi) is 5.04. The Bertz CT molecular complexity index is 431. The molecule has 1 aliphatic rings. The van der Waals surface area contributed by atoms with Crippen LogP contribution in [0.1, 0.15) is 0 Å². The predicted molar refractivity (Wildman–Crippen MR) is 78.0 cm³/mol.